The Bertz CT molecular complexity index is 675. The molecule has 0 aromatic carbocycles. The van der Waals surface area contributed by atoms with Gasteiger partial charge in [-0.25, -0.2) is 9.67 Å². The summed E-state index contributed by atoms with van der Waals surface area (Å²) in [5, 5.41) is 7.80. The quantitative estimate of drug-likeness (QED) is 0.890. The minimum Gasteiger partial charge on any atom is -0.369 e. The predicted octanol–water partition coefficient (Wildman–Crippen LogP) is 0.982. The molecule has 2 aromatic rings. The number of aryl methyl sites for hydroxylation is 1. The summed E-state index contributed by atoms with van der Waals surface area (Å²) in [5.41, 5.74) is 5.90. The lowest BCUT2D eigenvalue weighted by molar-refractivity contribution is -0.143. The molecule has 0 fully saturated rings. The van der Waals surface area contributed by atoms with E-state index in [4.69, 9.17) is 5.73 Å². The number of hydrogen-bond donors (Lipinski definition) is 1. The summed E-state index contributed by atoms with van der Waals surface area (Å²) in [6, 6.07) is -0.565. The first-order valence-electron chi connectivity index (χ1n) is 6.45. The second-order valence-electron chi connectivity index (χ2n) is 4.98. The van der Waals surface area contributed by atoms with Crippen molar-refractivity contribution in [1.29, 1.82) is 0 Å². The fourth-order valence-corrected chi connectivity index (χ4v) is 1.99. The monoisotopic (exact) mass is 316 g/mol. The Hall–Kier alpha value is -2.39. The zero-order chi connectivity index (χ0) is 16.5. The van der Waals surface area contributed by atoms with Crippen LogP contribution in [0.1, 0.15) is 30.2 Å². The van der Waals surface area contributed by atoms with Crippen molar-refractivity contribution < 1.29 is 18.0 Å². The van der Waals surface area contributed by atoms with Gasteiger partial charge in [0.25, 0.3) is 0 Å². The van der Waals surface area contributed by atoms with Crippen LogP contribution < -0.4 is 5.73 Å². The highest BCUT2D eigenvalue weighted by Crippen LogP contribution is 2.22. The highest BCUT2D eigenvalue weighted by Gasteiger charge is 2.32. The van der Waals surface area contributed by atoms with E-state index in [9.17, 15) is 18.0 Å². The van der Waals surface area contributed by atoms with E-state index in [0.29, 0.717) is 0 Å². The Morgan fingerprint density at radius 1 is 1.45 bits per heavy atom. The van der Waals surface area contributed by atoms with Crippen molar-refractivity contribution in [2.45, 2.75) is 39.0 Å². The number of primary amides is 1. The molecule has 2 aromatic heterocycles. The summed E-state index contributed by atoms with van der Waals surface area (Å²) in [6.07, 6.45) is -1.49. The van der Waals surface area contributed by atoms with E-state index in [1.165, 1.54) is 4.68 Å². The van der Waals surface area contributed by atoms with Crippen molar-refractivity contribution in [3.63, 3.8) is 0 Å². The molecule has 0 aliphatic heterocycles. The van der Waals surface area contributed by atoms with Crippen molar-refractivity contribution in [1.82, 2.24) is 24.5 Å². The topological polar surface area (TPSA) is 91.6 Å². The van der Waals surface area contributed by atoms with Gasteiger partial charge in [-0.3, -0.25) is 9.48 Å². The Labute approximate surface area is 123 Å². The van der Waals surface area contributed by atoms with Crippen LogP contribution in [0.4, 0.5) is 13.2 Å². The van der Waals surface area contributed by atoms with Gasteiger partial charge in [0.2, 0.25) is 5.91 Å². The zero-order valence-electron chi connectivity index (χ0n) is 12.0. The number of hydrogen-bond acceptors (Lipinski definition) is 4. The largest absolute Gasteiger partial charge is 0.408 e. The Morgan fingerprint density at radius 2 is 2.14 bits per heavy atom. The van der Waals surface area contributed by atoms with Crippen LogP contribution in [0.5, 0.6) is 0 Å². The highest BCUT2D eigenvalue weighted by atomic mass is 19.4. The van der Waals surface area contributed by atoms with Crippen LogP contribution in [0.2, 0.25) is 0 Å². The molecule has 7 nitrogen and oxygen atoms in total. The van der Waals surface area contributed by atoms with Crippen molar-refractivity contribution >= 4 is 5.91 Å². The maximum Gasteiger partial charge on any atom is 0.408 e. The van der Waals surface area contributed by atoms with E-state index in [-0.39, 0.29) is 18.1 Å². The van der Waals surface area contributed by atoms with E-state index in [0.717, 1.165) is 10.2 Å². The zero-order valence-corrected chi connectivity index (χ0v) is 12.0. The van der Waals surface area contributed by atoms with E-state index in [1.54, 1.807) is 19.3 Å². The number of nitrogens with zero attached hydrogens (tertiary/aromatic N) is 5. The van der Waals surface area contributed by atoms with Crippen LogP contribution in [-0.2, 0) is 17.8 Å². The Balaban J connectivity index is 2.38. The lowest BCUT2D eigenvalue weighted by Crippen LogP contribution is -2.23. The number of nitrogens with two attached hydrogens (primary N) is 1. The molecule has 1 unspecified atom stereocenters. The Kier molecular flexibility index (Phi) is 4.20. The van der Waals surface area contributed by atoms with Crippen LogP contribution in [0, 0.1) is 6.92 Å². The third-order valence-electron chi connectivity index (χ3n) is 2.91. The average molecular weight is 316 g/mol. The van der Waals surface area contributed by atoms with E-state index >= 15 is 0 Å². The molecule has 0 radical (unpaired) electrons. The van der Waals surface area contributed by atoms with Gasteiger partial charge in [-0.1, -0.05) is 0 Å². The van der Waals surface area contributed by atoms with Crippen molar-refractivity contribution in [2.75, 3.05) is 0 Å². The van der Waals surface area contributed by atoms with Crippen LogP contribution >= 0.6 is 0 Å². The van der Waals surface area contributed by atoms with Gasteiger partial charge in [-0.05, 0) is 19.4 Å². The van der Waals surface area contributed by atoms with Gasteiger partial charge in [-0.15, -0.1) is 0 Å². The smallest absolute Gasteiger partial charge is 0.369 e. The number of alkyl halides is 3. The normalized spacial score (nSPS) is 13.3. The van der Waals surface area contributed by atoms with Crippen LogP contribution in [0.15, 0.2) is 12.4 Å². The summed E-state index contributed by atoms with van der Waals surface area (Å²) >= 11 is 0. The summed E-state index contributed by atoms with van der Waals surface area (Å²) in [4.78, 5) is 14.9. The fraction of sp³-hybridized carbons (Fsp3) is 0.500. The van der Waals surface area contributed by atoms with Gasteiger partial charge in [0.1, 0.15) is 12.6 Å². The van der Waals surface area contributed by atoms with Crippen LogP contribution in [0.3, 0.4) is 0 Å². The number of carbonyl (C=O) groups is 1. The molecule has 2 heterocycles. The summed E-state index contributed by atoms with van der Waals surface area (Å²) < 4.78 is 40.2. The summed E-state index contributed by atoms with van der Waals surface area (Å²) in [6.45, 7) is 2.17. The maximum atomic E-state index is 12.7. The molecular weight excluding hydrogens is 301 g/mol. The summed E-state index contributed by atoms with van der Waals surface area (Å²) in [5.74, 6) is -0.683. The molecule has 2 rings (SSSR count). The standard InChI is InChI=1S/C12H15F3N6O/c1-7-4-17-20(5-7)8(2)11-18-10(3-9(16)22)19-21(11)6-12(13,14)15/h4-5,8H,3,6H2,1-2H3,(H2,16,22). The third-order valence-corrected chi connectivity index (χ3v) is 2.91. The molecular formula is C12H15F3N6O. The lowest BCUT2D eigenvalue weighted by Gasteiger charge is -2.14. The fourth-order valence-electron chi connectivity index (χ4n) is 1.99. The van der Waals surface area contributed by atoms with E-state index < -0.39 is 24.7 Å². The number of halogens is 3. The molecule has 120 valence electrons. The van der Waals surface area contributed by atoms with Crippen molar-refractivity contribution in [3.05, 3.63) is 29.6 Å². The molecule has 0 saturated heterocycles. The molecule has 0 aliphatic rings. The maximum absolute atomic E-state index is 12.7. The molecule has 0 aliphatic carbocycles. The predicted molar refractivity (Wildman–Crippen MR) is 69.8 cm³/mol. The van der Waals surface area contributed by atoms with E-state index in [2.05, 4.69) is 15.2 Å². The SMILES string of the molecule is Cc1cnn(C(C)c2nc(CC(N)=O)nn2CC(F)(F)F)c1. The minimum absolute atomic E-state index is 0.0394. The van der Waals surface area contributed by atoms with Gasteiger partial charge >= 0.3 is 6.18 Å². The second-order valence-corrected chi connectivity index (χ2v) is 4.98. The number of carbonyl (C=O) groups excluding carboxylic acids is 1. The minimum atomic E-state index is -4.45. The first-order valence-corrected chi connectivity index (χ1v) is 6.45. The highest BCUT2D eigenvalue weighted by molar-refractivity contribution is 5.75. The molecule has 1 amide bonds. The van der Waals surface area contributed by atoms with Crippen LogP contribution in [0.25, 0.3) is 0 Å². The summed E-state index contributed by atoms with van der Waals surface area (Å²) in [7, 11) is 0. The molecule has 10 heteroatoms. The number of aromatic nitrogens is 5. The van der Waals surface area contributed by atoms with Crippen LogP contribution in [-0.4, -0.2) is 36.6 Å². The van der Waals surface area contributed by atoms with Gasteiger partial charge in [-0.2, -0.15) is 23.4 Å². The molecule has 2 N–H and O–H groups in total. The van der Waals surface area contributed by atoms with Gasteiger partial charge < -0.3 is 5.73 Å². The lowest BCUT2D eigenvalue weighted by atomic mass is 10.3. The average Bonchev–Trinajstić information content (AvgIpc) is 2.92. The van der Waals surface area contributed by atoms with Gasteiger partial charge in [0, 0.05) is 6.20 Å². The van der Waals surface area contributed by atoms with E-state index in [1.807, 2.05) is 6.92 Å². The van der Waals surface area contributed by atoms with Crippen molar-refractivity contribution in [2.24, 2.45) is 5.73 Å². The third kappa shape index (κ3) is 3.83. The molecule has 0 spiro atoms. The van der Waals surface area contributed by atoms with Crippen molar-refractivity contribution in [3.8, 4) is 0 Å². The number of rotatable bonds is 5. The molecule has 1 atom stereocenters. The first kappa shape index (κ1) is 16.0. The molecule has 0 saturated carbocycles. The second kappa shape index (κ2) is 5.78. The van der Waals surface area contributed by atoms with Gasteiger partial charge in [0.05, 0.1) is 12.6 Å². The first-order chi connectivity index (χ1) is 10.2. The Morgan fingerprint density at radius 3 is 2.64 bits per heavy atom. The van der Waals surface area contributed by atoms with Gasteiger partial charge in [0.15, 0.2) is 11.6 Å². The number of amides is 1. The molecule has 22 heavy (non-hydrogen) atoms. The molecule has 0 bridgehead atoms.